The molecule has 23 heavy (non-hydrogen) atoms. The molecule has 0 fully saturated rings. The molecule has 2 rings (SSSR count). The van der Waals surface area contributed by atoms with Gasteiger partial charge in [-0.25, -0.2) is 13.6 Å². The molecule has 0 aliphatic heterocycles. The Morgan fingerprint density at radius 3 is 2.22 bits per heavy atom. The molecule has 0 bridgehead atoms. The van der Waals surface area contributed by atoms with Gasteiger partial charge in [-0.15, -0.1) is 0 Å². The van der Waals surface area contributed by atoms with Gasteiger partial charge in [-0.3, -0.25) is 4.57 Å². The Bertz CT molecular complexity index is 727. The molecule has 0 saturated heterocycles. The van der Waals surface area contributed by atoms with Gasteiger partial charge in [0.25, 0.3) is 0 Å². The number of aromatic nitrogens is 1. The maximum absolute atomic E-state index is 13.9. The second-order valence-electron chi connectivity index (χ2n) is 5.87. The van der Waals surface area contributed by atoms with Crippen LogP contribution in [0.1, 0.15) is 20.8 Å². The maximum atomic E-state index is 13.9. The second kappa shape index (κ2) is 6.31. The molecule has 0 aliphatic rings. The molecule has 1 aromatic carbocycles. The molecular formula is C16H16BrF2NO3. The van der Waals surface area contributed by atoms with E-state index in [4.69, 9.17) is 4.74 Å². The molecule has 1 heterocycles. The monoisotopic (exact) mass is 387 g/mol. The molecule has 0 amide bonds. The van der Waals surface area contributed by atoms with E-state index in [1.165, 1.54) is 17.9 Å². The molecule has 124 valence electrons. The SMILES string of the molecule is COc1c(F)cc(-c2cc(Br)cn2C(=O)OC(C)(C)C)cc1F. The summed E-state index contributed by atoms with van der Waals surface area (Å²) in [5.41, 5.74) is -0.203. The Morgan fingerprint density at radius 1 is 1.17 bits per heavy atom. The van der Waals surface area contributed by atoms with E-state index < -0.39 is 29.1 Å². The summed E-state index contributed by atoms with van der Waals surface area (Å²) in [6.45, 7) is 5.20. The molecule has 0 aliphatic carbocycles. The number of carbonyl (C=O) groups excluding carboxylic acids is 1. The van der Waals surface area contributed by atoms with Gasteiger partial charge in [-0.1, -0.05) is 0 Å². The summed E-state index contributed by atoms with van der Waals surface area (Å²) in [7, 11) is 1.18. The minimum Gasteiger partial charge on any atom is -0.491 e. The largest absolute Gasteiger partial charge is 0.491 e. The van der Waals surface area contributed by atoms with Gasteiger partial charge in [-0.2, -0.15) is 0 Å². The zero-order chi connectivity index (χ0) is 17.4. The van der Waals surface area contributed by atoms with Crippen molar-refractivity contribution < 1.29 is 23.0 Å². The molecule has 4 nitrogen and oxygen atoms in total. The Morgan fingerprint density at radius 2 is 1.74 bits per heavy atom. The lowest BCUT2D eigenvalue weighted by Crippen LogP contribution is -2.27. The number of nitrogens with zero attached hydrogens (tertiary/aromatic N) is 1. The van der Waals surface area contributed by atoms with Gasteiger partial charge in [0.2, 0.25) is 0 Å². The molecule has 0 radical (unpaired) electrons. The van der Waals surface area contributed by atoms with Crippen LogP contribution in [0.25, 0.3) is 11.3 Å². The minimum absolute atomic E-state index is 0.192. The lowest BCUT2D eigenvalue weighted by molar-refractivity contribution is 0.0540. The quantitative estimate of drug-likeness (QED) is 0.728. The first-order chi connectivity index (χ1) is 10.6. The van der Waals surface area contributed by atoms with Crippen molar-refractivity contribution in [2.75, 3.05) is 7.11 Å². The van der Waals surface area contributed by atoms with Gasteiger partial charge in [0, 0.05) is 16.2 Å². The minimum atomic E-state index is -0.851. The predicted molar refractivity (Wildman–Crippen MR) is 85.7 cm³/mol. The van der Waals surface area contributed by atoms with Gasteiger partial charge in [0.15, 0.2) is 17.4 Å². The standard InChI is InChI=1S/C16H16BrF2NO3/c1-16(2,3)23-15(21)20-8-10(17)7-13(20)9-5-11(18)14(22-4)12(19)6-9/h5-8H,1-4H3. The number of benzene rings is 1. The van der Waals surface area contributed by atoms with Crippen LogP contribution in [0.5, 0.6) is 5.75 Å². The maximum Gasteiger partial charge on any atom is 0.419 e. The van der Waals surface area contributed by atoms with E-state index in [9.17, 15) is 13.6 Å². The van der Waals surface area contributed by atoms with Crippen LogP contribution >= 0.6 is 15.9 Å². The Balaban J connectivity index is 2.51. The van der Waals surface area contributed by atoms with Crippen molar-refractivity contribution in [3.63, 3.8) is 0 Å². The third-order valence-electron chi connectivity index (χ3n) is 2.87. The molecule has 0 N–H and O–H groups in total. The number of ether oxygens (including phenoxy) is 2. The van der Waals surface area contributed by atoms with Crippen LogP contribution in [0.4, 0.5) is 13.6 Å². The van der Waals surface area contributed by atoms with Crippen molar-refractivity contribution in [1.82, 2.24) is 4.57 Å². The van der Waals surface area contributed by atoms with Crippen LogP contribution in [0.3, 0.4) is 0 Å². The van der Waals surface area contributed by atoms with Crippen LogP contribution in [0.2, 0.25) is 0 Å². The zero-order valence-electron chi connectivity index (χ0n) is 13.1. The lowest BCUT2D eigenvalue weighted by atomic mass is 10.1. The van der Waals surface area contributed by atoms with Crippen LogP contribution < -0.4 is 4.74 Å². The van der Waals surface area contributed by atoms with Crippen molar-refractivity contribution in [3.8, 4) is 17.0 Å². The van der Waals surface area contributed by atoms with E-state index in [2.05, 4.69) is 20.7 Å². The number of rotatable bonds is 2. The molecule has 0 atom stereocenters. The van der Waals surface area contributed by atoms with Crippen LogP contribution in [0.15, 0.2) is 28.9 Å². The summed E-state index contributed by atoms with van der Waals surface area (Å²) in [6.07, 6.45) is 0.832. The fourth-order valence-electron chi connectivity index (χ4n) is 2.02. The number of hydrogen-bond donors (Lipinski definition) is 0. The van der Waals surface area contributed by atoms with E-state index >= 15 is 0 Å². The normalized spacial score (nSPS) is 11.4. The summed E-state index contributed by atoms with van der Waals surface area (Å²) in [4.78, 5) is 12.3. The van der Waals surface area contributed by atoms with Crippen molar-refractivity contribution in [3.05, 3.63) is 40.5 Å². The predicted octanol–water partition coefficient (Wildman–Crippen LogP) is 4.99. The first kappa shape index (κ1) is 17.5. The summed E-state index contributed by atoms with van der Waals surface area (Å²) in [5, 5.41) is 0. The average molecular weight is 388 g/mol. The van der Waals surface area contributed by atoms with Crippen LogP contribution in [0, 0.1) is 11.6 Å². The third-order valence-corrected chi connectivity index (χ3v) is 3.31. The first-order valence-electron chi connectivity index (χ1n) is 6.77. The summed E-state index contributed by atoms with van der Waals surface area (Å²) in [6, 6.07) is 3.78. The number of carbonyl (C=O) groups is 1. The van der Waals surface area contributed by atoms with Crippen molar-refractivity contribution in [1.29, 1.82) is 0 Å². The third kappa shape index (κ3) is 3.90. The van der Waals surface area contributed by atoms with E-state index in [0.717, 1.165) is 12.1 Å². The van der Waals surface area contributed by atoms with Gasteiger partial charge >= 0.3 is 6.09 Å². The highest BCUT2D eigenvalue weighted by Gasteiger charge is 2.22. The van der Waals surface area contributed by atoms with Gasteiger partial charge < -0.3 is 9.47 Å². The highest BCUT2D eigenvalue weighted by Crippen LogP contribution is 2.31. The molecular weight excluding hydrogens is 372 g/mol. The average Bonchev–Trinajstić information content (AvgIpc) is 2.78. The van der Waals surface area contributed by atoms with E-state index in [-0.39, 0.29) is 5.56 Å². The van der Waals surface area contributed by atoms with Crippen LogP contribution in [-0.4, -0.2) is 23.4 Å². The summed E-state index contributed by atoms with van der Waals surface area (Å²) in [5.74, 6) is -2.17. The smallest absolute Gasteiger partial charge is 0.419 e. The molecule has 7 heteroatoms. The fraction of sp³-hybridized carbons (Fsp3) is 0.312. The van der Waals surface area contributed by atoms with Crippen molar-refractivity contribution >= 4 is 22.0 Å². The van der Waals surface area contributed by atoms with Gasteiger partial charge in [-0.05, 0) is 54.9 Å². The Labute approximate surface area is 141 Å². The second-order valence-corrected chi connectivity index (χ2v) is 6.78. The summed E-state index contributed by atoms with van der Waals surface area (Å²) >= 11 is 3.25. The van der Waals surface area contributed by atoms with Crippen molar-refractivity contribution in [2.45, 2.75) is 26.4 Å². The number of hydrogen-bond acceptors (Lipinski definition) is 3. The Hall–Kier alpha value is -1.89. The lowest BCUT2D eigenvalue weighted by Gasteiger charge is -2.20. The molecule has 0 unspecified atom stereocenters. The topological polar surface area (TPSA) is 40.5 Å². The van der Waals surface area contributed by atoms with Crippen molar-refractivity contribution in [2.24, 2.45) is 0 Å². The van der Waals surface area contributed by atoms with Crippen LogP contribution in [-0.2, 0) is 4.74 Å². The van der Waals surface area contributed by atoms with E-state index in [1.54, 1.807) is 26.8 Å². The first-order valence-corrected chi connectivity index (χ1v) is 7.56. The molecule has 0 saturated carbocycles. The molecule has 2 aromatic rings. The van der Waals surface area contributed by atoms with Gasteiger partial charge in [0.1, 0.15) is 5.60 Å². The highest BCUT2D eigenvalue weighted by atomic mass is 79.9. The molecule has 0 spiro atoms. The highest BCUT2D eigenvalue weighted by molar-refractivity contribution is 9.10. The number of halogens is 3. The summed E-state index contributed by atoms with van der Waals surface area (Å²) < 4.78 is 39.5. The number of methoxy groups -OCH3 is 1. The van der Waals surface area contributed by atoms with E-state index in [1.807, 2.05) is 0 Å². The Kier molecular flexibility index (Phi) is 4.79. The van der Waals surface area contributed by atoms with E-state index in [0.29, 0.717) is 10.2 Å². The zero-order valence-corrected chi connectivity index (χ0v) is 14.7. The fourth-order valence-corrected chi connectivity index (χ4v) is 2.44. The van der Waals surface area contributed by atoms with Gasteiger partial charge in [0.05, 0.1) is 12.8 Å². The molecule has 1 aromatic heterocycles.